The first kappa shape index (κ1) is 26.8. The smallest absolute Gasteiger partial charge is 0.336 e. The van der Waals surface area contributed by atoms with Crippen molar-refractivity contribution >= 4 is 34.6 Å². The number of hydrogen-bond donors (Lipinski definition) is 0. The van der Waals surface area contributed by atoms with Crippen molar-refractivity contribution in [2.75, 3.05) is 0 Å². The highest BCUT2D eigenvalue weighted by Gasteiger charge is 2.12. The molecule has 0 fully saturated rings. The number of benzene rings is 4. The van der Waals surface area contributed by atoms with Gasteiger partial charge in [-0.05, 0) is 73.0 Å². The van der Waals surface area contributed by atoms with Crippen molar-refractivity contribution in [1.29, 1.82) is 0 Å². The zero-order valence-corrected chi connectivity index (χ0v) is 22.6. The van der Waals surface area contributed by atoms with E-state index in [1.54, 1.807) is 12.1 Å². The molecule has 0 aliphatic rings. The van der Waals surface area contributed by atoms with Crippen LogP contribution >= 0.6 is 11.6 Å². The Labute approximate surface area is 236 Å². The molecule has 7 heteroatoms. The van der Waals surface area contributed by atoms with Gasteiger partial charge in [0.1, 0.15) is 35.7 Å². The Morgan fingerprint density at radius 1 is 0.900 bits per heavy atom. The van der Waals surface area contributed by atoms with Gasteiger partial charge in [-0.3, -0.25) is 4.79 Å². The van der Waals surface area contributed by atoms with Gasteiger partial charge in [-0.15, -0.1) is 0 Å². The summed E-state index contributed by atoms with van der Waals surface area (Å²) in [5.74, 6) is 1.02. The molecule has 0 bridgehead atoms. The van der Waals surface area contributed by atoms with Crippen LogP contribution in [0.3, 0.4) is 0 Å². The molecular formula is C33H25ClO6. The Morgan fingerprint density at radius 2 is 1.68 bits per heavy atom. The maximum Gasteiger partial charge on any atom is 0.336 e. The van der Waals surface area contributed by atoms with E-state index in [-0.39, 0.29) is 22.5 Å². The number of halogens is 1. The molecule has 0 radical (unpaired) electrons. The van der Waals surface area contributed by atoms with E-state index in [4.69, 9.17) is 30.2 Å². The molecule has 0 unspecified atom stereocenters. The topological polar surface area (TPSA) is 75.0 Å². The van der Waals surface area contributed by atoms with E-state index >= 15 is 0 Å². The number of esters is 1. The van der Waals surface area contributed by atoms with Crippen molar-refractivity contribution in [3.63, 3.8) is 0 Å². The molecule has 1 aromatic heterocycles. The van der Waals surface area contributed by atoms with E-state index in [2.05, 4.69) is 0 Å². The second-order valence-corrected chi connectivity index (χ2v) is 9.57. The zero-order valence-electron chi connectivity index (χ0n) is 21.8. The summed E-state index contributed by atoms with van der Waals surface area (Å²) in [6, 6.07) is 25.1. The highest BCUT2D eigenvalue weighted by molar-refractivity contribution is 6.31. The van der Waals surface area contributed by atoms with Crippen LogP contribution < -0.4 is 19.6 Å². The molecule has 0 atom stereocenters. The molecule has 5 aromatic rings. The summed E-state index contributed by atoms with van der Waals surface area (Å²) in [5.41, 5.74) is 3.57. The monoisotopic (exact) mass is 552 g/mol. The number of hydrogen-bond acceptors (Lipinski definition) is 6. The summed E-state index contributed by atoms with van der Waals surface area (Å²) in [5, 5.41) is 0.969. The van der Waals surface area contributed by atoms with Crippen molar-refractivity contribution in [3.05, 3.63) is 135 Å². The summed E-state index contributed by atoms with van der Waals surface area (Å²) in [4.78, 5) is 25.4. The summed E-state index contributed by atoms with van der Waals surface area (Å²) in [7, 11) is 0. The van der Waals surface area contributed by atoms with Gasteiger partial charge in [-0.2, -0.15) is 0 Å². The van der Waals surface area contributed by atoms with Crippen LogP contribution in [0.2, 0.25) is 5.02 Å². The van der Waals surface area contributed by atoms with E-state index in [1.807, 2.05) is 80.6 Å². The van der Waals surface area contributed by atoms with Crippen LogP contribution in [0.25, 0.3) is 17.0 Å². The summed E-state index contributed by atoms with van der Waals surface area (Å²) >= 11 is 6.17. The van der Waals surface area contributed by atoms with E-state index < -0.39 is 5.97 Å². The third-order valence-electron chi connectivity index (χ3n) is 6.14. The predicted molar refractivity (Wildman–Crippen MR) is 155 cm³/mol. The minimum absolute atomic E-state index is 0.0779. The highest BCUT2D eigenvalue weighted by atomic mass is 35.5. The summed E-state index contributed by atoms with van der Waals surface area (Å²) in [6.07, 6.45) is 4.22. The average Bonchev–Trinajstić information content (AvgIpc) is 2.95. The molecule has 1 heterocycles. The normalized spacial score (nSPS) is 11.1. The second-order valence-electron chi connectivity index (χ2n) is 9.16. The van der Waals surface area contributed by atoms with Crippen LogP contribution in [0.1, 0.15) is 22.3 Å². The second kappa shape index (κ2) is 11.9. The SMILES string of the molecule is Cc1ccc(C)c(Oc2coc3cc(OC(=O)C=Cc4ccc(OCc5ccccc5Cl)cc4)ccc3c2=O)c1. The minimum atomic E-state index is -0.574. The van der Waals surface area contributed by atoms with Crippen molar-refractivity contribution in [2.24, 2.45) is 0 Å². The molecule has 0 spiro atoms. The number of fused-ring (bicyclic) bond motifs is 1. The molecule has 6 nitrogen and oxygen atoms in total. The Morgan fingerprint density at radius 3 is 2.48 bits per heavy atom. The van der Waals surface area contributed by atoms with E-state index in [0.29, 0.717) is 28.5 Å². The third kappa shape index (κ3) is 6.42. The van der Waals surface area contributed by atoms with Gasteiger partial charge < -0.3 is 18.6 Å². The quantitative estimate of drug-likeness (QED) is 0.110. The van der Waals surface area contributed by atoms with E-state index in [0.717, 1.165) is 22.3 Å². The fourth-order valence-corrected chi connectivity index (χ4v) is 4.12. The number of rotatable bonds is 8. The fraction of sp³-hybridized carbons (Fsp3) is 0.0909. The molecule has 0 N–H and O–H groups in total. The van der Waals surface area contributed by atoms with Gasteiger partial charge in [0.15, 0.2) is 0 Å². The first-order valence-corrected chi connectivity index (χ1v) is 12.9. The lowest BCUT2D eigenvalue weighted by Gasteiger charge is -2.09. The Hall–Kier alpha value is -4.81. The number of ether oxygens (including phenoxy) is 3. The van der Waals surface area contributed by atoms with Crippen LogP contribution in [-0.4, -0.2) is 5.97 Å². The molecular weight excluding hydrogens is 528 g/mol. The molecule has 40 heavy (non-hydrogen) atoms. The lowest BCUT2D eigenvalue weighted by molar-refractivity contribution is -0.128. The Balaban J connectivity index is 1.21. The zero-order chi connectivity index (χ0) is 28.1. The fourth-order valence-electron chi connectivity index (χ4n) is 3.93. The van der Waals surface area contributed by atoms with Gasteiger partial charge in [0, 0.05) is 22.7 Å². The molecule has 5 rings (SSSR count). The number of carbonyl (C=O) groups is 1. The summed E-state index contributed by atoms with van der Waals surface area (Å²) in [6.45, 7) is 4.20. The van der Waals surface area contributed by atoms with Crippen LogP contribution in [0.5, 0.6) is 23.0 Å². The van der Waals surface area contributed by atoms with Crippen LogP contribution in [0.4, 0.5) is 0 Å². The van der Waals surface area contributed by atoms with Gasteiger partial charge in [0.2, 0.25) is 11.2 Å². The largest absolute Gasteiger partial charge is 0.489 e. The molecule has 200 valence electrons. The Kier molecular flexibility index (Phi) is 7.99. The molecule has 0 saturated heterocycles. The first-order chi connectivity index (χ1) is 19.4. The maximum absolute atomic E-state index is 13.0. The molecule has 0 aliphatic carbocycles. The molecule has 4 aromatic carbocycles. The lowest BCUT2D eigenvalue weighted by Crippen LogP contribution is -2.07. The number of aryl methyl sites for hydroxylation is 2. The van der Waals surface area contributed by atoms with Gasteiger partial charge in [-0.1, -0.05) is 54.1 Å². The van der Waals surface area contributed by atoms with Crippen LogP contribution in [0.15, 0.2) is 106 Å². The standard InChI is InChI=1S/C33H25ClO6/c1-21-7-8-22(2)29(17-21)40-31-20-38-30-18-26(14-15-27(30)33(31)36)39-32(35)16-11-23-9-12-25(13-10-23)37-19-24-5-3-4-6-28(24)34/h3-18,20H,19H2,1-2H3. The summed E-state index contributed by atoms with van der Waals surface area (Å²) < 4.78 is 22.6. The first-order valence-electron chi connectivity index (χ1n) is 12.5. The van der Waals surface area contributed by atoms with Gasteiger partial charge >= 0.3 is 5.97 Å². The van der Waals surface area contributed by atoms with Crippen molar-refractivity contribution in [1.82, 2.24) is 0 Å². The number of carbonyl (C=O) groups excluding carboxylic acids is 1. The van der Waals surface area contributed by atoms with Crippen LogP contribution in [0, 0.1) is 13.8 Å². The maximum atomic E-state index is 13.0. The van der Waals surface area contributed by atoms with Gasteiger partial charge in [0.05, 0.1) is 5.39 Å². The molecule has 0 amide bonds. The predicted octanol–water partition coefficient (Wildman–Crippen LogP) is 8.05. The third-order valence-corrected chi connectivity index (χ3v) is 6.51. The lowest BCUT2D eigenvalue weighted by atomic mass is 10.1. The van der Waals surface area contributed by atoms with E-state index in [1.165, 1.54) is 24.5 Å². The minimum Gasteiger partial charge on any atom is -0.489 e. The van der Waals surface area contributed by atoms with E-state index in [9.17, 15) is 9.59 Å². The van der Waals surface area contributed by atoms with Crippen molar-refractivity contribution < 1.29 is 23.4 Å². The average molecular weight is 553 g/mol. The van der Waals surface area contributed by atoms with Gasteiger partial charge in [-0.25, -0.2) is 4.79 Å². The Bertz CT molecular complexity index is 1770. The van der Waals surface area contributed by atoms with Crippen LogP contribution in [-0.2, 0) is 11.4 Å². The molecule has 0 saturated carbocycles. The highest BCUT2D eigenvalue weighted by Crippen LogP contribution is 2.27. The van der Waals surface area contributed by atoms with Gasteiger partial charge in [0.25, 0.3) is 0 Å². The molecule has 0 aliphatic heterocycles. The van der Waals surface area contributed by atoms with Crippen molar-refractivity contribution in [3.8, 4) is 23.0 Å². The van der Waals surface area contributed by atoms with Crippen molar-refractivity contribution in [2.45, 2.75) is 20.5 Å².